The Balaban J connectivity index is 3.17. The lowest BCUT2D eigenvalue weighted by molar-refractivity contribution is 0.304. The maximum Gasteiger partial charge on any atom is 0.0147 e. The summed E-state index contributed by atoms with van der Waals surface area (Å²) in [5, 5.41) is 3.27. The number of nitrogens with zero attached hydrogens (tertiary/aromatic N) is 1. The molecule has 0 aliphatic rings. The van der Waals surface area contributed by atoms with Crippen molar-refractivity contribution in [1.82, 2.24) is 10.2 Å². The van der Waals surface area contributed by atoms with E-state index in [1.54, 1.807) is 5.54 Å². The summed E-state index contributed by atoms with van der Waals surface area (Å²) in [6.45, 7) is 9.63. The molecule has 0 aliphatic heterocycles. The lowest BCUT2D eigenvalue weighted by Crippen LogP contribution is -2.31. The molecule has 0 aromatic heterocycles. The Morgan fingerprint density at radius 1 is 1.33 bits per heavy atom. The zero-order valence-electron chi connectivity index (χ0n) is 8.02. The van der Waals surface area contributed by atoms with Crippen LogP contribution in [-0.4, -0.2) is 37.6 Å². The fraction of sp³-hybridized carbons (Fsp3) is 0.778. The molecule has 0 spiro atoms. The molecule has 0 bridgehead atoms. The van der Waals surface area contributed by atoms with Crippen molar-refractivity contribution in [3.8, 4) is 0 Å². The smallest absolute Gasteiger partial charge is 0.0147 e. The SMILES string of the molecule is CCN(CC)CCNC/C=C/Cl. The van der Waals surface area contributed by atoms with Gasteiger partial charge in [-0.3, -0.25) is 0 Å². The van der Waals surface area contributed by atoms with E-state index in [4.69, 9.17) is 11.6 Å². The quantitative estimate of drug-likeness (QED) is 0.615. The molecule has 0 atom stereocenters. The normalized spacial score (nSPS) is 11.7. The lowest BCUT2D eigenvalue weighted by Gasteiger charge is -2.17. The first-order valence-electron chi connectivity index (χ1n) is 4.53. The number of nitrogens with one attached hydrogen (secondary N) is 1. The summed E-state index contributed by atoms with van der Waals surface area (Å²) in [6, 6.07) is 0. The molecule has 12 heavy (non-hydrogen) atoms. The van der Waals surface area contributed by atoms with Gasteiger partial charge < -0.3 is 10.2 Å². The monoisotopic (exact) mass is 190 g/mol. The first-order chi connectivity index (χ1) is 5.85. The predicted octanol–water partition coefficient (Wildman–Crippen LogP) is 1.67. The fourth-order valence-electron chi connectivity index (χ4n) is 1.01. The fourth-order valence-corrected chi connectivity index (χ4v) is 1.10. The molecule has 0 rings (SSSR count). The van der Waals surface area contributed by atoms with Crippen LogP contribution in [0.4, 0.5) is 0 Å². The Hall–Kier alpha value is -0.0500. The van der Waals surface area contributed by atoms with Gasteiger partial charge in [0.1, 0.15) is 0 Å². The highest BCUT2D eigenvalue weighted by molar-refractivity contribution is 6.25. The number of halogens is 1. The van der Waals surface area contributed by atoms with Gasteiger partial charge in [0.2, 0.25) is 0 Å². The molecule has 0 saturated heterocycles. The molecule has 0 saturated carbocycles. The number of rotatable bonds is 7. The lowest BCUT2D eigenvalue weighted by atomic mass is 10.4. The van der Waals surface area contributed by atoms with Crippen LogP contribution in [0.25, 0.3) is 0 Å². The minimum Gasteiger partial charge on any atom is -0.312 e. The minimum atomic E-state index is 0.866. The summed E-state index contributed by atoms with van der Waals surface area (Å²) in [4.78, 5) is 2.39. The summed E-state index contributed by atoms with van der Waals surface area (Å²) in [7, 11) is 0. The van der Waals surface area contributed by atoms with Crippen LogP contribution in [0.15, 0.2) is 11.6 Å². The second-order valence-corrected chi connectivity index (χ2v) is 2.84. The van der Waals surface area contributed by atoms with Crippen molar-refractivity contribution in [3.63, 3.8) is 0 Å². The van der Waals surface area contributed by atoms with E-state index in [-0.39, 0.29) is 0 Å². The van der Waals surface area contributed by atoms with Crippen LogP contribution >= 0.6 is 11.6 Å². The summed E-state index contributed by atoms with van der Waals surface area (Å²) in [6.07, 6.45) is 1.91. The standard InChI is InChI=1S/C9H19ClN2/c1-3-12(4-2)9-8-11-7-5-6-10/h5-6,11H,3-4,7-9H2,1-2H3/b6-5+. The van der Waals surface area contributed by atoms with E-state index in [0.717, 1.165) is 32.7 Å². The summed E-state index contributed by atoms with van der Waals surface area (Å²) < 4.78 is 0. The molecule has 0 heterocycles. The highest BCUT2D eigenvalue weighted by atomic mass is 35.5. The van der Waals surface area contributed by atoms with Crippen LogP contribution in [0.2, 0.25) is 0 Å². The van der Waals surface area contributed by atoms with Gasteiger partial charge in [-0.15, -0.1) is 0 Å². The minimum absolute atomic E-state index is 0.866. The van der Waals surface area contributed by atoms with Crippen molar-refractivity contribution in [1.29, 1.82) is 0 Å². The molecule has 0 amide bonds. The van der Waals surface area contributed by atoms with Gasteiger partial charge in [-0.05, 0) is 13.1 Å². The molecule has 0 fully saturated rings. The van der Waals surface area contributed by atoms with Crippen molar-refractivity contribution in [2.24, 2.45) is 0 Å². The van der Waals surface area contributed by atoms with Crippen LogP contribution < -0.4 is 5.32 Å². The molecule has 2 nitrogen and oxygen atoms in total. The highest BCUT2D eigenvalue weighted by Crippen LogP contribution is 1.84. The van der Waals surface area contributed by atoms with E-state index in [1.807, 2.05) is 6.08 Å². The molecule has 3 heteroatoms. The van der Waals surface area contributed by atoms with Gasteiger partial charge in [0.05, 0.1) is 0 Å². The Kier molecular flexibility index (Phi) is 9.00. The molecule has 0 aliphatic carbocycles. The topological polar surface area (TPSA) is 15.3 Å². The van der Waals surface area contributed by atoms with Gasteiger partial charge in [0.25, 0.3) is 0 Å². The average molecular weight is 191 g/mol. The number of likely N-dealkylation sites (N-methyl/N-ethyl adjacent to an activating group) is 1. The van der Waals surface area contributed by atoms with Crippen molar-refractivity contribution in [2.45, 2.75) is 13.8 Å². The van der Waals surface area contributed by atoms with E-state index in [2.05, 4.69) is 24.1 Å². The van der Waals surface area contributed by atoms with Gasteiger partial charge in [0.15, 0.2) is 0 Å². The van der Waals surface area contributed by atoms with E-state index < -0.39 is 0 Å². The van der Waals surface area contributed by atoms with Gasteiger partial charge in [-0.2, -0.15) is 0 Å². The third-order valence-electron chi connectivity index (χ3n) is 1.85. The first kappa shape index (κ1) is 11.9. The summed E-state index contributed by atoms with van der Waals surface area (Å²) in [5.41, 5.74) is 1.55. The van der Waals surface area contributed by atoms with Crippen molar-refractivity contribution in [2.75, 3.05) is 32.7 Å². The van der Waals surface area contributed by atoms with Gasteiger partial charge >= 0.3 is 0 Å². The number of hydrogen-bond acceptors (Lipinski definition) is 2. The molecule has 0 radical (unpaired) electrons. The van der Waals surface area contributed by atoms with Crippen LogP contribution in [-0.2, 0) is 0 Å². The molecular weight excluding hydrogens is 172 g/mol. The van der Waals surface area contributed by atoms with Crippen molar-refractivity contribution in [3.05, 3.63) is 11.6 Å². The first-order valence-corrected chi connectivity index (χ1v) is 4.97. The van der Waals surface area contributed by atoms with Crippen LogP contribution in [0.5, 0.6) is 0 Å². The number of hydrogen-bond donors (Lipinski definition) is 1. The zero-order chi connectivity index (χ0) is 9.23. The summed E-state index contributed by atoms with van der Waals surface area (Å²) >= 11 is 5.37. The molecule has 0 unspecified atom stereocenters. The molecule has 0 aromatic carbocycles. The van der Waals surface area contributed by atoms with Crippen molar-refractivity contribution < 1.29 is 0 Å². The predicted molar refractivity (Wildman–Crippen MR) is 55.7 cm³/mol. The Labute approximate surface area is 80.6 Å². The zero-order valence-corrected chi connectivity index (χ0v) is 8.77. The second-order valence-electron chi connectivity index (χ2n) is 2.59. The third-order valence-corrected chi connectivity index (χ3v) is 2.03. The second kappa shape index (κ2) is 9.04. The van der Waals surface area contributed by atoms with Crippen molar-refractivity contribution >= 4 is 11.6 Å². The molecular formula is C9H19ClN2. The summed E-state index contributed by atoms with van der Waals surface area (Å²) in [5.74, 6) is 0. The Bertz CT molecular complexity index is 111. The molecule has 72 valence electrons. The van der Waals surface area contributed by atoms with E-state index >= 15 is 0 Å². The third kappa shape index (κ3) is 6.65. The van der Waals surface area contributed by atoms with Gasteiger partial charge in [-0.25, -0.2) is 0 Å². The Morgan fingerprint density at radius 3 is 2.50 bits per heavy atom. The van der Waals surface area contributed by atoms with E-state index in [9.17, 15) is 0 Å². The van der Waals surface area contributed by atoms with Crippen LogP contribution in [0.3, 0.4) is 0 Å². The van der Waals surface area contributed by atoms with Gasteiger partial charge in [-0.1, -0.05) is 31.5 Å². The Morgan fingerprint density at radius 2 is 2.00 bits per heavy atom. The average Bonchev–Trinajstić information content (AvgIpc) is 2.11. The maximum atomic E-state index is 5.37. The van der Waals surface area contributed by atoms with Crippen LogP contribution in [0.1, 0.15) is 13.8 Å². The van der Waals surface area contributed by atoms with Gasteiger partial charge in [0, 0.05) is 25.2 Å². The van der Waals surface area contributed by atoms with E-state index in [1.165, 1.54) is 0 Å². The highest BCUT2D eigenvalue weighted by Gasteiger charge is 1.95. The van der Waals surface area contributed by atoms with E-state index in [0.29, 0.717) is 0 Å². The van der Waals surface area contributed by atoms with Crippen LogP contribution in [0, 0.1) is 0 Å². The maximum absolute atomic E-state index is 5.37. The molecule has 1 N–H and O–H groups in total. The molecule has 0 aromatic rings. The largest absolute Gasteiger partial charge is 0.312 e.